The molecule has 0 aromatic carbocycles. The molecule has 16 heavy (non-hydrogen) atoms. The second-order valence-corrected chi connectivity index (χ2v) is 6.19. The molecule has 1 atom stereocenters. The number of rotatable bonds is 3. The number of primary amides is 1. The topological polar surface area (TPSA) is 67.5 Å². The normalized spacial score (nSPS) is 24.2. The zero-order valence-corrected chi connectivity index (χ0v) is 11.1. The van der Waals surface area contributed by atoms with Gasteiger partial charge in [0.1, 0.15) is 0 Å². The van der Waals surface area contributed by atoms with Crippen molar-refractivity contribution >= 4 is 22.8 Å². The molecule has 0 aromatic heterocycles. The molecule has 1 unspecified atom stereocenters. The number of amidine groups is 1. The molecule has 3 N–H and O–H groups in total. The molecule has 1 saturated heterocycles. The Morgan fingerprint density at radius 2 is 2.31 bits per heavy atom. The van der Waals surface area contributed by atoms with E-state index in [9.17, 15) is 4.79 Å². The Hall–Kier alpha value is -0.710. The first kappa shape index (κ1) is 13.4. The monoisotopic (exact) mass is 243 g/mol. The van der Waals surface area contributed by atoms with Crippen molar-refractivity contribution in [3.05, 3.63) is 0 Å². The van der Waals surface area contributed by atoms with Crippen molar-refractivity contribution in [3.8, 4) is 0 Å². The minimum atomic E-state index is -0.294. The third kappa shape index (κ3) is 4.43. The Kier molecular flexibility index (Phi) is 4.65. The van der Waals surface area contributed by atoms with Gasteiger partial charge in [0.15, 0.2) is 5.17 Å². The molecule has 5 heteroatoms. The molecule has 0 spiro atoms. The molecule has 0 aromatic rings. The molecule has 4 nitrogen and oxygen atoms in total. The van der Waals surface area contributed by atoms with E-state index in [1.54, 1.807) is 11.8 Å². The molecule has 1 heterocycles. The number of carbonyl (C=O) groups excluding carboxylic acids is 1. The van der Waals surface area contributed by atoms with Crippen molar-refractivity contribution in [2.24, 2.45) is 16.1 Å². The average molecular weight is 243 g/mol. The van der Waals surface area contributed by atoms with Gasteiger partial charge in [0.05, 0.1) is 6.54 Å². The van der Waals surface area contributed by atoms with E-state index in [1.807, 2.05) is 0 Å². The third-order valence-corrected chi connectivity index (χ3v) is 3.56. The maximum Gasteiger partial charge on any atom is 0.219 e. The lowest BCUT2D eigenvalue weighted by Crippen LogP contribution is -2.46. The molecule has 1 rings (SSSR count). The number of nitrogens with zero attached hydrogens (tertiary/aromatic N) is 1. The van der Waals surface area contributed by atoms with Crippen LogP contribution in [-0.4, -0.2) is 29.4 Å². The zero-order chi connectivity index (χ0) is 12.2. The highest BCUT2D eigenvalue weighted by Gasteiger charge is 2.28. The van der Waals surface area contributed by atoms with Gasteiger partial charge in [-0.3, -0.25) is 9.79 Å². The summed E-state index contributed by atoms with van der Waals surface area (Å²) < 4.78 is 0. The second kappa shape index (κ2) is 5.57. The first-order valence-corrected chi connectivity index (χ1v) is 6.60. The highest BCUT2D eigenvalue weighted by Crippen LogP contribution is 2.27. The minimum Gasteiger partial charge on any atom is -0.370 e. The SMILES string of the molecule is CC(C)(C)C1CCSC(=NCCC(N)=O)N1. The van der Waals surface area contributed by atoms with Crippen LogP contribution in [0.4, 0.5) is 0 Å². The summed E-state index contributed by atoms with van der Waals surface area (Å²) in [6, 6.07) is 0.459. The number of nitrogens with two attached hydrogens (primary N) is 1. The summed E-state index contributed by atoms with van der Waals surface area (Å²) in [5.41, 5.74) is 5.31. The fourth-order valence-corrected chi connectivity index (χ4v) is 2.50. The Bertz CT molecular complexity index is 283. The van der Waals surface area contributed by atoms with Gasteiger partial charge in [-0.05, 0) is 11.8 Å². The number of hydrogen-bond acceptors (Lipinski definition) is 3. The first-order chi connectivity index (χ1) is 7.39. The van der Waals surface area contributed by atoms with Gasteiger partial charge in [0.2, 0.25) is 5.91 Å². The van der Waals surface area contributed by atoms with Crippen LogP contribution in [0.25, 0.3) is 0 Å². The molecule has 0 radical (unpaired) electrons. The van der Waals surface area contributed by atoms with Crippen LogP contribution in [0.2, 0.25) is 0 Å². The molecule has 1 amide bonds. The highest BCUT2D eigenvalue weighted by molar-refractivity contribution is 8.13. The predicted octanol–water partition coefficient (Wildman–Crippen LogP) is 1.36. The first-order valence-electron chi connectivity index (χ1n) is 5.61. The molecule has 1 fully saturated rings. The average Bonchev–Trinajstić information content (AvgIpc) is 2.16. The molecule has 1 aliphatic heterocycles. The van der Waals surface area contributed by atoms with E-state index in [0.717, 1.165) is 17.3 Å². The van der Waals surface area contributed by atoms with Gasteiger partial charge in [-0.25, -0.2) is 0 Å². The third-order valence-electron chi connectivity index (χ3n) is 2.60. The van der Waals surface area contributed by atoms with Gasteiger partial charge >= 0.3 is 0 Å². The van der Waals surface area contributed by atoms with Crippen LogP contribution in [0, 0.1) is 5.41 Å². The standard InChI is InChI=1S/C11H21N3OS/c1-11(2,3)8-5-7-16-10(14-8)13-6-4-9(12)15/h8H,4-7H2,1-3H3,(H2,12,15)(H,13,14). The van der Waals surface area contributed by atoms with Gasteiger partial charge in [-0.15, -0.1) is 0 Å². The minimum absolute atomic E-state index is 0.242. The molecule has 1 aliphatic rings. The Morgan fingerprint density at radius 3 is 2.88 bits per heavy atom. The van der Waals surface area contributed by atoms with Crippen LogP contribution in [-0.2, 0) is 4.79 Å². The fourth-order valence-electron chi connectivity index (χ4n) is 1.54. The lowest BCUT2D eigenvalue weighted by atomic mass is 9.85. The fraction of sp³-hybridized carbons (Fsp3) is 0.818. The van der Waals surface area contributed by atoms with Crippen LogP contribution < -0.4 is 11.1 Å². The second-order valence-electron chi connectivity index (χ2n) is 5.10. The van der Waals surface area contributed by atoms with E-state index in [1.165, 1.54) is 0 Å². The molecular weight excluding hydrogens is 222 g/mol. The number of nitrogens with one attached hydrogen (secondary N) is 1. The maximum atomic E-state index is 10.6. The van der Waals surface area contributed by atoms with Gasteiger partial charge in [-0.2, -0.15) is 0 Å². The van der Waals surface area contributed by atoms with Crippen molar-refractivity contribution in [3.63, 3.8) is 0 Å². The number of carbonyl (C=O) groups is 1. The largest absolute Gasteiger partial charge is 0.370 e. The van der Waals surface area contributed by atoms with Crippen molar-refractivity contribution in [2.75, 3.05) is 12.3 Å². The molecule has 92 valence electrons. The molecule has 0 aliphatic carbocycles. The number of aliphatic imine (C=N–C) groups is 1. The highest BCUT2D eigenvalue weighted by atomic mass is 32.2. The predicted molar refractivity (Wildman–Crippen MR) is 69.6 cm³/mol. The summed E-state index contributed by atoms with van der Waals surface area (Å²) in [5, 5.41) is 4.38. The van der Waals surface area contributed by atoms with E-state index in [2.05, 4.69) is 31.1 Å². The Balaban J connectivity index is 2.47. The van der Waals surface area contributed by atoms with E-state index >= 15 is 0 Å². The molecule has 0 bridgehead atoms. The number of amides is 1. The quantitative estimate of drug-likeness (QED) is 0.786. The summed E-state index contributed by atoms with van der Waals surface area (Å²) in [5.74, 6) is 0.794. The Labute approximate surface area is 101 Å². The summed E-state index contributed by atoms with van der Waals surface area (Å²) in [6.45, 7) is 7.16. The molecule has 0 saturated carbocycles. The summed E-state index contributed by atoms with van der Waals surface area (Å²) in [4.78, 5) is 14.9. The number of thioether (sulfide) groups is 1. The van der Waals surface area contributed by atoms with Crippen LogP contribution in [0.15, 0.2) is 4.99 Å². The van der Waals surface area contributed by atoms with E-state index in [0.29, 0.717) is 19.0 Å². The zero-order valence-electron chi connectivity index (χ0n) is 10.2. The van der Waals surface area contributed by atoms with Gasteiger partial charge < -0.3 is 11.1 Å². The van der Waals surface area contributed by atoms with Crippen molar-refractivity contribution < 1.29 is 4.79 Å². The lowest BCUT2D eigenvalue weighted by molar-refractivity contribution is -0.117. The van der Waals surface area contributed by atoms with Crippen molar-refractivity contribution in [1.29, 1.82) is 0 Å². The number of hydrogen-bond donors (Lipinski definition) is 2. The summed E-state index contributed by atoms with van der Waals surface area (Å²) >= 11 is 1.72. The van der Waals surface area contributed by atoms with Gasteiger partial charge in [-0.1, -0.05) is 32.5 Å². The van der Waals surface area contributed by atoms with Crippen LogP contribution in [0.3, 0.4) is 0 Å². The summed E-state index contributed by atoms with van der Waals surface area (Å²) in [6.07, 6.45) is 1.48. The lowest BCUT2D eigenvalue weighted by Gasteiger charge is -2.35. The summed E-state index contributed by atoms with van der Waals surface area (Å²) in [7, 11) is 0. The molecular formula is C11H21N3OS. The van der Waals surface area contributed by atoms with E-state index in [4.69, 9.17) is 5.73 Å². The van der Waals surface area contributed by atoms with Crippen LogP contribution >= 0.6 is 11.8 Å². The Morgan fingerprint density at radius 1 is 1.62 bits per heavy atom. The van der Waals surface area contributed by atoms with Crippen LogP contribution in [0.1, 0.15) is 33.6 Å². The van der Waals surface area contributed by atoms with Crippen molar-refractivity contribution in [2.45, 2.75) is 39.7 Å². The van der Waals surface area contributed by atoms with Crippen LogP contribution in [0.5, 0.6) is 0 Å². The maximum absolute atomic E-state index is 10.6. The van der Waals surface area contributed by atoms with Crippen molar-refractivity contribution in [1.82, 2.24) is 5.32 Å². The van der Waals surface area contributed by atoms with E-state index in [-0.39, 0.29) is 11.3 Å². The van der Waals surface area contributed by atoms with Gasteiger partial charge in [0, 0.05) is 18.2 Å². The van der Waals surface area contributed by atoms with Gasteiger partial charge in [0.25, 0.3) is 0 Å². The van der Waals surface area contributed by atoms with E-state index < -0.39 is 0 Å². The smallest absolute Gasteiger partial charge is 0.219 e.